The van der Waals surface area contributed by atoms with Crippen LogP contribution >= 0.6 is 0 Å². The summed E-state index contributed by atoms with van der Waals surface area (Å²) < 4.78 is 2.11. The number of imidazole rings is 1. The van der Waals surface area contributed by atoms with E-state index in [1.807, 2.05) is 25.1 Å². The number of anilines is 1. The second-order valence-electron chi connectivity index (χ2n) is 6.15. The number of benzene rings is 1. The Labute approximate surface area is 115 Å². The van der Waals surface area contributed by atoms with Crippen LogP contribution < -0.4 is 5.32 Å². The minimum absolute atomic E-state index is 0.339. The summed E-state index contributed by atoms with van der Waals surface area (Å²) in [7, 11) is 0. The van der Waals surface area contributed by atoms with Crippen LogP contribution in [0.2, 0.25) is 0 Å². The number of aromatic nitrogens is 2. The van der Waals surface area contributed by atoms with Gasteiger partial charge in [-0.25, -0.2) is 4.98 Å². The lowest BCUT2D eigenvalue weighted by Gasteiger charge is -2.18. The molecule has 1 aromatic carbocycles. The number of rotatable bonds is 4. The largest absolute Gasteiger partial charge is 0.355 e. The van der Waals surface area contributed by atoms with Gasteiger partial charge in [-0.2, -0.15) is 0 Å². The van der Waals surface area contributed by atoms with E-state index in [0.29, 0.717) is 5.41 Å². The van der Waals surface area contributed by atoms with Crippen LogP contribution in [0.1, 0.15) is 32.9 Å². The maximum absolute atomic E-state index is 4.56. The number of aryl methyl sites for hydroxylation is 1. The van der Waals surface area contributed by atoms with Crippen molar-refractivity contribution in [3.63, 3.8) is 0 Å². The first-order chi connectivity index (χ1) is 8.96. The Morgan fingerprint density at radius 2 is 1.84 bits per heavy atom. The topological polar surface area (TPSA) is 29.9 Å². The van der Waals surface area contributed by atoms with Gasteiger partial charge in [0.15, 0.2) is 0 Å². The van der Waals surface area contributed by atoms with E-state index in [4.69, 9.17) is 0 Å². The van der Waals surface area contributed by atoms with Crippen LogP contribution in [0.4, 0.5) is 5.95 Å². The first kappa shape index (κ1) is 13.7. The van der Waals surface area contributed by atoms with Crippen LogP contribution in [0.15, 0.2) is 36.5 Å². The van der Waals surface area contributed by atoms with Gasteiger partial charge in [-0.15, -0.1) is 0 Å². The predicted octanol–water partition coefficient (Wildman–Crippen LogP) is 4.03. The van der Waals surface area contributed by atoms with Crippen molar-refractivity contribution < 1.29 is 0 Å². The Hall–Kier alpha value is -1.77. The lowest BCUT2D eigenvalue weighted by Crippen LogP contribution is -2.14. The molecule has 0 saturated heterocycles. The van der Waals surface area contributed by atoms with E-state index in [2.05, 4.69) is 54.0 Å². The molecule has 0 bridgehead atoms. The fourth-order valence-corrected chi connectivity index (χ4v) is 1.96. The third-order valence-corrected chi connectivity index (χ3v) is 3.02. The Morgan fingerprint density at radius 1 is 1.16 bits per heavy atom. The Bertz CT molecular complexity index is 521. The molecule has 3 nitrogen and oxygen atoms in total. The fourth-order valence-electron chi connectivity index (χ4n) is 1.96. The summed E-state index contributed by atoms with van der Waals surface area (Å²) in [6.07, 6.45) is 3.18. The highest BCUT2D eigenvalue weighted by Crippen LogP contribution is 2.20. The van der Waals surface area contributed by atoms with Crippen molar-refractivity contribution in [2.75, 3.05) is 11.9 Å². The van der Waals surface area contributed by atoms with E-state index >= 15 is 0 Å². The van der Waals surface area contributed by atoms with Gasteiger partial charge < -0.3 is 5.32 Å². The van der Waals surface area contributed by atoms with Crippen LogP contribution in [0, 0.1) is 12.3 Å². The molecule has 0 aliphatic carbocycles. The first-order valence-electron chi connectivity index (χ1n) is 6.81. The van der Waals surface area contributed by atoms with Crippen molar-refractivity contribution in [3.05, 3.63) is 42.2 Å². The zero-order valence-electron chi connectivity index (χ0n) is 12.3. The standard InChI is InChI=1S/C16H23N3/c1-13-12-19(14-8-6-5-7-9-14)15(18-13)17-11-10-16(2,3)4/h5-9,12H,10-11H2,1-4H3,(H,17,18). The highest BCUT2D eigenvalue weighted by atomic mass is 15.2. The third kappa shape index (κ3) is 3.85. The van der Waals surface area contributed by atoms with Crippen LogP contribution in [0.3, 0.4) is 0 Å². The number of nitrogens with one attached hydrogen (secondary N) is 1. The van der Waals surface area contributed by atoms with E-state index in [0.717, 1.165) is 30.3 Å². The molecular formula is C16H23N3. The van der Waals surface area contributed by atoms with Gasteiger partial charge in [0.25, 0.3) is 0 Å². The molecule has 0 unspecified atom stereocenters. The van der Waals surface area contributed by atoms with Crippen molar-refractivity contribution >= 4 is 5.95 Å². The highest BCUT2D eigenvalue weighted by molar-refractivity contribution is 5.42. The summed E-state index contributed by atoms with van der Waals surface area (Å²) in [5.74, 6) is 0.924. The van der Waals surface area contributed by atoms with Gasteiger partial charge in [0.05, 0.1) is 5.69 Å². The molecule has 0 aliphatic rings. The highest BCUT2D eigenvalue weighted by Gasteiger charge is 2.11. The van der Waals surface area contributed by atoms with Crippen LogP contribution in [-0.2, 0) is 0 Å². The molecule has 2 aromatic rings. The Morgan fingerprint density at radius 3 is 2.47 bits per heavy atom. The quantitative estimate of drug-likeness (QED) is 0.896. The Balaban J connectivity index is 2.13. The molecule has 1 N–H and O–H groups in total. The maximum Gasteiger partial charge on any atom is 0.207 e. The molecule has 1 aromatic heterocycles. The first-order valence-corrected chi connectivity index (χ1v) is 6.81. The zero-order valence-corrected chi connectivity index (χ0v) is 12.3. The van der Waals surface area contributed by atoms with Gasteiger partial charge >= 0.3 is 0 Å². The third-order valence-electron chi connectivity index (χ3n) is 3.02. The maximum atomic E-state index is 4.56. The van der Waals surface area contributed by atoms with Crippen molar-refractivity contribution in [2.45, 2.75) is 34.1 Å². The van der Waals surface area contributed by atoms with Crippen molar-refractivity contribution in [1.29, 1.82) is 0 Å². The molecule has 2 rings (SSSR count). The molecule has 1 heterocycles. The van der Waals surface area contributed by atoms with Crippen LogP contribution in [0.25, 0.3) is 5.69 Å². The number of hydrogen-bond donors (Lipinski definition) is 1. The smallest absolute Gasteiger partial charge is 0.207 e. The summed E-state index contributed by atoms with van der Waals surface area (Å²) in [6, 6.07) is 10.3. The molecular weight excluding hydrogens is 234 g/mol. The molecule has 0 radical (unpaired) electrons. The zero-order chi connectivity index (χ0) is 13.9. The Kier molecular flexibility index (Phi) is 3.93. The summed E-state index contributed by atoms with van der Waals surface area (Å²) in [4.78, 5) is 4.56. The predicted molar refractivity (Wildman–Crippen MR) is 80.9 cm³/mol. The number of para-hydroxylation sites is 1. The second kappa shape index (κ2) is 5.47. The molecule has 0 spiro atoms. The molecule has 0 fully saturated rings. The number of hydrogen-bond acceptors (Lipinski definition) is 2. The minimum atomic E-state index is 0.339. The van der Waals surface area contributed by atoms with Crippen molar-refractivity contribution in [2.24, 2.45) is 5.41 Å². The fraction of sp³-hybridized carbons (Fsp3) is 0.438. The SMILES string of the molecule is Cc1cn(-c2ccccc2)c(NCCC(C)(C)C)n1. The monoisotopic (exact) mass is 257 g/mol. The van der Waals surface area contributed by atoms with Gasteiger partial charge in [0, 0.05) is 18.4 Å². The molecule has 0 atom stereocenters. The van der Waals surface area contributed by atoms with Crippen LogP contribution in [-0.4, -0.2) is 16.1 Å². The number of nitrogens with zero attached hydrogens (tertiary/aromatic N) is 2. The average Bonchev–Trinajstić information content (AvgIpc) is 2.70. The minimum Gasteiger partial charge on any atom is -0.355 e. The van der Waals surface area contributed by atoms with E-state index in [1.165, 1.54) is 0 Å². The van der Waals surface area contributed by atoms with Crippen molar-refractivity contribution in [3.8, 4) is 5.69 Å². The van der Waals surface area contributed by atoms with E-state index < -0.39 is 0 Å². The summed E-state index contributed by atoms with van der Waals surface area (Å²) in [5.41, 5.74) is 2.51. The van der Waals surface area contributed by atoms with E-state index in [9.17, 15) is 0 Å². The summed E-state index contributed by atoms with van der Waals surface area (Å²) >= 11 is 0. The summed E-state index contributed by atoms with van der Waals surface area (Å²) in [5, 5.41) is 3.44. The summed E-state index contributed by atoms with van der Waals surface area (Å²) in [6.45, 7) is 9.72. The van der Waals surface area contributed by atoms with Crippen molar-refractivity contribution in [1.82, 2.24) is 9.55 Å². The molecule has 102 valence electrons. The van der Waals surface area contributed by atoms with Gasteiger partial charge in [-0.1, -0.05) is 39.0 Å². The van der Waals surface area contributed by atoms with Gasteiger partial charge in [-0.3, -0.25) is 4.57 Å². The van der Waals surface area contributed by atoms with Gasteiger partial charge in [0.1, 0.15) is 0 Å². The van der Waals surface area contributed by atoms with Crippen LogP contribution in [0.5, 0.6) is 0 Å². The van der Waals surface area contributed by atoms with Gasteiger partial charge in [-0.05, 0) is 30.9 Å². The lowest BCUT2D eigenvalue weighted by molar-refractivity contribution is 0.389. The molecule has 19 heavy (non-hydrogen) atoms. The molecule has 0 aliphatic heterocycles. The molecule has 0 saturated carbocycles. The normalized spacial score (nSPS) is 11.6. The lowest BCUT2D eigenvalue weighted by atomic mass is 9.92. The van der Waals surface area contributed by atoms with E-state index in [1.54, 1.807) is 0 Å². The molecule has 3 heteroatoms. The second-order valence-corrected chi connectivity index (χ2v) is 6.15. The molecule has 0 amide bonds. The van der Waals surface area contributed by atoms with E-state index in [-0.39, 0.29) is 0 Å². The average molecular weight is 257 g/mol. The van der Waals surface area contributed by atoms with Gasteiger partial charge in [0.2, 0.25) is 5.95 Å².